The average Bonchev–Trinajstić information content (AvgIpc) is 2.91. The van der Waals surface area contributed by atoms with Gasteiger partial charge in [-0.2, -0.15) is 5.10 Å². The van der Waals surface area contributed by atoms with E-state index >= 15 is 0 Å². The van der Waals surface area contributed by atoms with Crippen LogP contribution in [-0.4, -0.2) is 31.7 Å². The van der Waals surface area contributed by atoms with Crippen LogP contribution in [0.1, 0.15) is 20.8 Å². The molecular formula is C13H20Cl2N6O. The van der Waals surface area contributed by atoms with Crippen molar-refractivity contribution in [3.05, 3.63) is 31.0 Å². The minimum Gasteiger partial charge on any atom is -0.323 e. The fourth-order valence-corrected chi connectivity index (χ4v) is 1.54. The van der Waals surface area contributed by atoms with Crippen molar-refractivity contribution in [1.82, 2.24) is 19.7 Å². The quantitative estimate of drug-likeness (QED) is 0.882. The Kier molecular flexibility index (Phi) is 7.45. The van der Waals surface area contributed by atoms with Crippen molar-refractivity contribution in [2.24, 2.45) is 11.1 Å². The zero-order valence-corrected chi connectivity index (χ0v) is 14.2. The Morgan fingerprint density at radius 3 is 2.45 bits per heavy atom. The van der Waals surface area contributed by atoms with Crippen molar-refractivity contribution >= 4 is 36.4 Å². The smallest absolute Gasteiger partial charge is 0.241 e. The second-order valence-corrected chi connectivity index (χ2v) is 5.58. The van der Waals surface area contributed by atoms with Crippen molar-refractivity contribution in [2.45, 2.75) is 26.8 Å². The Balaban J connectivity index is 0.00000220. The molecule has 0 saturated carbocycles. The highest BCUT2D eigenvalue weighted by molar-refractivity contribution is 5.95. The monoisotopic (exact) mass is 346 g/mol. The number of hydrogen-bond donors (Lipinski definition) is 2. The number of pyridine rings is 1. The molecule has 0 spiro atoms. The number of carbonyl (C=O) groups is 1. The molecule has 2 heterocycles. The van der Waals surface area contributed by atoms with E-state index in [0.29, 0.717) is 11.5 Å². The summed E-state index contributed by atoms with van der Waals surface area (Å²) in [5.74, 6) is 0.397. The summed E-state index contributed by atoms with van der Waals surface area (Å²) in [5.41, 5.74) is 6.20. The van der Waals surface area contributed by atoms with Crippen LogP contribution in [0.15, 0.2) is 31.0 Å². The first-order chi connectivity index (χ1) is 9.38. The van der Waals surface area contributed by atoms with Crippen LogP contribution in [-0.2, 0) is 4.79 Å². The molecule has 0 aromatic carbocycles. The normalized spacial score (nSPS) is 11.8. The molecule has 3 N–H and O–H groups in total. The van der Waals surface area contributed by atoms with Crippen molar-refractivity contribution in [3.8, 4) is 5.82 Å². The molecule has 1 amide bonds. The first-order valence-corrected chi connectivity index (χ1v) is 6.25. The summed E-state index contributed by atoms with van der Waals surface area (Å²) < 4.78 is 1.53. The van der Waals surface area contributed by atoms with Gasteiger partial charge in [-0.25, -0.2) is 14.6 Å². The summed E-state index contributed by atoms with van der Waals surface area (Å²) in [6, 6.07) is 2.90. The van der Waals surface area contributed by atoms with E-state index in [1.165, 1.54) is 11.0 Å². The third-order valence-electron chi connectivity index (χ3n) is 2.88. The average molecular weight is 347 g/mol. The van der Waals surface area contributed by atoms with E-state index < -0.39 is 6.04 Å². The predicted molar refractivity (Wildman–Crippen MR) is 89.7 cm³/mol. The predicted octanol–water partition coefficient (Wildman–Crippen LogP) is 1.82. The minimum atomic E-state index is -0.586. The van der Waals surface area contributed by atoms with Crippen LogP contribution in [0.5, 0.6) is 0 Å². The molecule has 0 unspecified atom stereocenters. The summed E-state index contributed by atoms with van der Waals surface area (Å²) in [4.78, 5) is 20.0. The zero-order chi connectivity index (χ0) is 14.8. The summed E-state index contributed by atoms with van der Waals surface area (Å²) >= 11 is 0. The third-order valence-corrected chi connectivity index (χ3v) is 2.88. The maximum absolute atomic E-state index is 12.0. The summed E-state index contributed by atoms with van der Waals surface area (Å²) in [6.45, 7) is 5.76. The van der Waals surface area contributed by atoms with Crippen LogP contribution >= 0.6 is 24.8 Å². The molecule has 2 aromatic heterocycles. The van der Waals surface area contributed by atoms with Crippen molar-refractivity contribution in [1.29, 1.82) is 0 Å². The lowest BCUT2D eigenvalue weighted by atomic mass is 9.87. The standard InChI is InChI=1S/C13H18N6O.2ClH/c1-13(2,3)11(14)12(20)18-9-4-5-10(16-6-9)19-8-15-7-17-19;;/h4-8,11H,14H2,1-3H3,(H,18,20);2*1H/t11-;;/m1../s1. The molecule has 0 saturated heterocycles. The van der Waals surface area contributed by atoms with E-state index in [-0.39, 0.29) is 36.1 Å². The Hall–Kier alpha value is -1.70. The lowest BCUT2D eigenvalue weighted by Crippen LogP contribution is -2.45. The van der Waals surface area contributed by atoms with Crippen molar-refractivity contribution in [2.75, 3.05) is 5.32 Å². The lowest BCUT2D eigenvalue weighted by molar-refractivity contribution is -0.119. The number of rotatable bonds is 3. The van der Waals surface area contributed by atoms with Crippen LogP contribution in [0.3, 0.4) is 0 Å². The van der Waals surface area contributed by atoms with Gasteiger partial charge in [-0.05, 0) is 17.5 Å². The first kappa shape index (κ1) is 20.3. The van der Waals surface area contributed by atoms with Gasteiger partial charge in [0.05, 0.1) is 17.9 Å². The molecule has 9 heteroatoms. The molecule has 122 valence electrons. The largest absolute Gasteiger partial charge is 0.323 e. The number of amides is 1. The second-order valence-electron chi connectivity index (χ2n) is 5.58. The van der Waals surface area contributed by atoms with Gasteiger partial charge in [0.25, 0.3) is 0 Å². The van der Waals surface area contributed by atoms with E-state index in [1.807, 2.05) is 20.8 Å². The van der Waals surface area contributed by atoms with E-state index in [2.05, 4.69) is 20.4 Å². The molecule has 0 aliphatic rings. The molecule has 22 heavy (non-hydrogen) atoms. The van der Waals surface area contributed by atoms with E-state index in [1.54, 1.807) is 24.7 Å². The van der Waals surface area contributed by atoms with Gasteiger partial charge in [-0.3, -0.25) is 4.79 Å². The summed E-state index contributed by atoms with van der Waals surface area (Å²) in [7, 11) is 0. The number of nitrogens with two attached hydrogens (primary N) is 1. The zero-order valence-electron chi connectivity index (χ0n) is 12.6. The maximum atomic E-state index is 12.0. The number of hydrogen-bond acceptors (Lipinski definition) is 5. The van der Waals surface area contributed by atoms with Gasteiger partial charge >= 0.3 is 0 Å². The maximum Gasteiger partial charge on any atom is 0.241 e. The van der Waals surface area contributed by atoms with Gasteiger partial charge in [-0.1, -0.05) is 20.8 Å². The van der Waals surface area contributed by atoms with Crippen LogP contribution in [0, 0.1) is 5.41 Å². The highest BCUT2D eigenvalue weighted by Crippen LogP contribution is 2.19. The number of halogens is 2. The lowest BCUT2D eigenvalue weighted by Gasteiger charge is -2.25. The van der Waals surface area contributed by atoms with Crippen molar-refractivity contribution < 1.29 is 4.79 Å². The number of anilines is 1. The molecule has 2 aromatic rings. The number of aromatic nitrogens is 4. The van der Waals surface area contributed by atoms with Gasteiger partial charge in [0, 0.05) is 0 Å². The van der Waals surface area contributed by atoms with Gasteiger partial charge in [-0.15, -0.1) is 24.8 Å². The molecule has 0 fully saturated rings. The summed E-state index contributed by atoms with van der Waals surface area (Å²) in [6.07, 6.45) is 4.54. The molecule has 0 bridgehead atoms. The van der Waals surface area contributed by atoms with Gasteiger partial charge in [0.15, 0.2) is 5.82 Å². The van der Waals surface area contributed by atoms with E-state index in [0.717, 1.165) is 0 Å². The van der Waals surface area contributed by atoms with E-state index in [4.69, 9.17) is 5.73 Å². The Morgan fingerprint density at radius 1 is 1.32 bits per heavy atom. The van der Waals surface area contributed by atoms with Crippen molar-refractivity contribution in [3.63, 3.8) is 0 Å². The van der Waals surface area contributed by atoms with Crippen LogP contribution in [0.2, 0.25) is 0 Å². The van der Waals surface area contributed by atoms with Crippen LogP contribution < -0.4 is 11.1 Å². The second kappa shape index (κ2) is 8.07. The topological polar surface area (TPSA) is 98.7 Å². The first-order valence-electron chi connectivity index (χ1n) is 6.25. The molecular weight excluding hydrogens is 327 g/mol. The fraction of sp³-hybridized carbons (Fsp3) is 0.385. The SMILES string of the molecule is CC(C)(C)[C@H](N)C(=O)Nc1ccc(-n2cncn2)nc1.Cl.Cl. The van der Waals surface area contributed by atoms with E-state index in [9.17, 15) is 4.79 Å². The molecule has 7 nitrogen and oxygen atoms in total. The summed E-state index contributed by atoms with van der Waals surface area (Å²) in [5, 5.41) is 6.72. The highest BCUT2D eigenvalue weighted by atomic mass is 35.5. The van der Waals surface area contributed by atoms with Crippen LogP contribution in [0.25, 0.3) is 5.82 Å². The molecule has 1 atom stereocenters. The van der Waals surface area contributed by atoms with Crippen LogP contribution in [0.4, 0.5) is 5.69 Å². The van der Waals surface area contributed by atoms with Gasteiger partial charge < -0.3 is 11.1 Å². The number of nitrogens with one attached hydrogen (secondary N) is 1. The Bertz CT molecular complexity index is 580. The highest BCUT2D eigenvalue weighted by Gasteiger charge is 2.27. The molecule has 0 aliphatic carbocycles. The Labute approximate surface area is 141 Å². The van der Waals surface area contributed by atoms with Gasteiger partial charge in [0.1, 0.15) is 12.7 Å². The minimum absolute atomic E-state index is 0. The fourth-order valence-electron chi connectivity index (χ4n) is 1.54. The molecule has 0 aliphatic heterocycles. The van der Waals surface area contributed by atoms with Gasteiger partial charge in [0.2, 0.25) is 5.91 Å². The molecule has 0 radical (unpaired) electrons. The number of nitrogens with zero attached hydrogens (tertiary/aromatic N) is 4. The Morgan fingerprint density at radius 2 is 2.00 bits per heavy atom. The number of carbonyl (C=O) groups excluding carboxylic acids is 1. The molecule has 2 rings (SSSR count). The third kappa shape index (κ3) is 4.94.